The normalized spacial score (nSPS) is 10.8. The second kappa shape index (κ2) is 5.74. The Kier molecular flexibility index (Phi) is 3.84. The summed E-state index contributed by atoms with van der Waals surface area (Å²) in [7, 11) is 1.60. The average Bonchev–Trinajstić information content (AvgIpc) is 2.47. The van der Waals surface area contributed by atoms with Crippen LogP contribution in [0.25, 0.3) is 11.6 Å². The molecule has 19 heavy (non-hydrogen) atoms. The molecular weight excluding hydrogens is 238 g/mol. The van der Waals surface area contributed by atoms with Crippen LogP contribution < -0.4 is 4.74 Å². The zero-order valence-corrected chi connectivity index (χ0v) is 10.5. The van der Waals surface area contributed by atoms with Crippen LogP contribution in [0.3, 0.4) is 0 Å². The molecule has 0 radical (unpaired) electrons. The number of phenols is 1. The highest BCUT2D eigenvalue weighted by molar-refractivity contribution is 5.89. The van der Waals surface area contributed by atoms with E-state index in [4.69, 9.17) is 4.74 Å². The van der Waals surface area contributed by atoms with E-state index in [2.05, 4.69) is 6.07 Å². The van der Waals surface area contributed by atoms with E-state index in [-0.39, 0.29) is 5.75 Å². The maximum absolute atomic E-state index is 9.22. The predicted octanol–water partition coefficient (Wildman–Crippen LogP) is 3.46. The molecule has 0 bridgehead atoms. The first-order valence-electron chi connectivity index (χ1n) is 5.78. The molecule has 0 atom stereocenters. The Morgan fingerprint density at radius 3 is 2.26 bits per heavy atom. The van der Waals surface area contributed by atoms with Gasteiger partial charge < -0.3 is 9.84 Å². The third-order valence-electron chi connectivity index (χ3n) is 2.73. The third-order valence-corrected chi connectivity index (χ3v) is 2.73. The van der Waals surface area contributed by atoms with Gasteiger partial charge in [-0.1, -0.05) is 12.1 Å². The van der Waals surface area contributed by atoms with Gasteiger partial charge in [-0.3, -0.25) is 0 Å². The lowest BCUT2D eigenvalue weighted by Gasteiger charge is -2.02. The van der Waals surface area contributed by atoms with Gasteiger partial charge in [0, 0.05) is 0 Å². The molecular formula is C16H13NO2. The monoisotopic (exact) mass is 251 g/mol. The van der Waals surface area contributed by atoms with Gasteiger partial charge in [0.15, 0.2) is 0 Å². The summed E-state index contributed by atoms with van der Waals surface area (Å²) in [4.78, 5) is 0. The summed E-state index contributed by atoms with van der Waals surface area (Å²) in [5.74, 6) is 0.964. The smallest absolute Gasteiger partial charge is 0.118 e. The fraction of sp³-hybridized carbons (Fsp3) is 0.0625. The van der Waals surface area contributed by atoms with Crippen molar-refractivity contribution >= 4 is 11.6 Å². The molecule has 0 amide bonds. The van der Waals surface area contributed by atoms with Crippen LogP contribution in [-0.2, 0) is 0 Å². The lowest BCUT2D eigenvalue weighted by Crippen LogP contribution is -1.85. The molecule has 2 aromatic rings. The number of phenolic OH excluding ortho intramolecular Hbond substituents is 1. The van der Waals surface area contributed by atoms with Gasteiger partial charge in [0.25, 0.3) is 0 Å². The van der Waals surface area contributed by atoms with E-state index >= 15 is 0 Å². The summed E-state index contributed by atoms with van der Waals surface area (Å²) in [6, 6.07) is 16.2. The Hall–Kier alpha value is -2.73. The predicted molar refractivity (Wildman–Crippen MR) is 74.6 cm³/mol. The van der Waals surface area contributed by atoms with E-state index in [1.54, 1.807) is 37.5 Å². The zero-order chi connectivity index (χ0) is 13.7. The van der Waals surface area contributed by atoms with E-state index in [9.17, 15) is 10.4 Å². The quantitative estimate of drug-likeness (QED) is 0.671. The first-order valence-corrected chi connectivity index (χ1v) is 5.78. The van der Waals surface area contributed by atoms with Crippen LogP contribution in [0, 0.1) is 11.3 Å². The molecule has 0 aliphatic heterocycles. The fourth-order valence-electron chi connectivity index (χ4n) is 1.69. The fourth-order valence-corrected chi connectivity index (χ4v) is 1.69. The second-order valence-corrected chi connectivity index (χ2v) is 3.99. The van der Waals surface area contributed by atoms with Crippen LogP contribution in [0.1, 0.15) is 11.1 Å². The molecule has 0 aromatic heterocycles. The number of methoxy groups -OCH3 is 1. The third kappa shape index (κ3) is 3.14. The molecule has 2 aromatic carbocycles. The van der Waals surface area contributed by atoms with Gasteiger partial charge in [-0.15, -0.1) is 0 Å². The molecule has 0 aliphatic carbocycles. The topological polar surface area (TPSA) is 53.2 Å². The molecule has 3 heteroatoms. The Labute approximate surface area is 112 Å². The number of nitriles is 1. The number of allylic oxidation sites excluding steroid dienone is 1. The standard InChI is InChI=1S/C16H13NO2/c1-19-16-8-4-13(5-9-16)14(11-17)10-12-2-6-15(18)7-3-12/h2-10,18H,1H3. The number of hydrogen-bond acceptors (Lipinski definition) is 3. The van der Waals surface area contributed by atoms with Crippen molar-refractivity contribution in [2.24, 2.45) is 0 Å². The highest BCUT2D eigenvalue weighted by atomic mass is 16.5. The molecule has 0 aliphatic rings. The van der Waals surface area contributed by atoms with Crippen molar-refractivity contribution in [1.82, 2.24) is 0 Å². The molecule has 2 rings (SSSR count). The van der Waals surface area contributed by atoms with Gasteiger partial charge in [-0.25, -0.2) is 0 Å². The van der Waals surface area contributed by atoms with Crippen LogP contribution in [0.4, 0.5) is 0 Å². The van der Waals surface area contributed by atoms with E-state index < -0.39 is 0 Å². The van der Waals surface area contributed by atoms with Crippen LogP contribution in [0.2, 0.25) is 0 Å². The summed E-state index contributed by atoms with van der Waals surface area (Å²) in [6.45, 7) is 0. The molecule has 94 valence electrons. The van der Waals surface area contributed by atoms with Gasteiger partial charge in [0.05, 0.1) is 18.8 Å². The summed E-state index contributed by atoms with van der Waals surface area (Å²) >= 11 is 0. The highest BCUT2D eigenvalue weighted by Crippen LogP contribution is 2.21. The summed E-state index contributed by atoms with van der Waals surface area (Å²) in [5, 5.41) is 18.4. The van der Waals surface area contributed by atoms with Crippen LogP contribution in [0.15, 0.2) is 48.5 Å². The van der Waals surface area contributed by atoms with Crippen molar-refractivity contribution in [3.05, 3.63) is 59.7 Å². The molecule has 0 heterocycles. The number of rotatable bonds is 3. The molecule has 0 fully saturated rings. The first kappa shape index (κ1) is 12.7. The summed E-state index contributed by atoms with van der Waals surface area (Å²) < 4.78 is 5.08. The summed E-state index contributed by atoms with van der Waals surface area (Å²) in [6.07, 6.45) is 1.78. The van der Waals surface area contributed by atoms with E-state index in [1.165, 1.54) is 0 Å². The van der Waals surface area contributed by atoms with Crippen LogP contribution in [0.5, 0.6) is 11.5 Å². The van der Waals surface area contributed by atoms with Gasteiger partial charge in [0.2, 0.25) is 0 Å². The molecule has 0 unspecified atom stereocenters. The lowest BCUT2D eigenvalue weighted by atomic mass is 10.0. The first-order chi connectivity index (χ1) is 9.22. The molecule has 0 saturated carbocycles. The van der Waals surface area contributed by atoms with Gasteiger partial charge in [-0.05, 0) is 53.6 Å². The van der Waals surface area contributed by atoms with Crippen molar-refractivity contribution in [1.29, 1.82) is 5.26 Å². The number of nitrogens with zero attached hydrogens (tertiary/aromatic N) is 1. The number of aromatic hydroxyl groups is 1. The van der Waals surface area contributed by atoms with Gasteiger partial charge in [0.1, 0.15) is 11.5 Å². The van der Waals surface area contributed by atoms with Gasteiger partial charge >= 0.3 is 0 Å². The maximum Gasteiger partial charge on any atom is 0.118 e. The number of ether oxygens (including phenoxy) is 1. The van der Waals surface area contributed by atoms with Crippen molar-refractivity contribution in [2.75, 3.05) is 7.11 Å². The Morgan fingerprint density at radius 1 is 1.11 bits per heavy atom. The van der Waals surface area contributed by atoms with Crippen LogP contribution in [-0.4, -0.2) is 12.2 Å². The molecule has 3 nitrogen and oxygen atoms in total. The Morgan fingerprint density at radius 2 is 1.74 bits per heavy atom. The van der Waals surface area contributed by atoms with Crippen molar-refractivity contribution in [3.63, 3.8) is 0 Å². The molecule has 0 saturated heterocycles. The maximum atomic E-state index is 9.22. The lowest BCUT2D eigenvalue weighted by molar-refractivity contribution is 0.415. The SMILES string of the molecule is COc1ccc(C(C#N)=Cc2ccc(O)cc2)cc1. The van der Waals surface area contributed by atoms with Crippen molar-refractivity contribution < 1.29 is 9.84 Å². The Bertz CT molecular complexity index is 619. The summed E-state index contributed by atoms with van der Waals surface area (Å²) in [5.41, 5.74) is 2.26. The minimum absolute atomic E-state index is 0.208. The van der Waals surface area contributed by atoms with E-state index in [0.29, 0.717) is 5.57 Å². The van der Waals surface area contributed by atoms with E-state index in [0.717, 1.165) is 16.9 Å². The van der Waals surface area contributed by atoms with Crippen molar-refractivity contribution in [2.45, 2.75) is 0 Å². The molecule has 1 N–H and O–H groups in total. The average molecular weight is 251 g/mol. The largest absolute Gasteiger partial charge is 0.508 e. The minimum Gasteiger partial charge on any atom is -0.508 e. The van der Waals surface area contributed by atoms with Crippen molar-refractivity contribution in [3.8, 4) is 17.6 Å². The number of hydrogen-bond donors (Lipinski definition) is 1. The molecule has 0 spiro atoms. The van der Waals surface area contributed by atoms with Crippen LogP contribution >= 0.6 is 0 Å². The zero-order valence-electron chi connectivity index (χ0n) is 10.5. The van der Waals surface area contributed by atoms with E-state index in [1.807, 2.05) is 24.3 Å². The van der Waals surface area contributed by atoms with Gasteiger partial charge in [-0.2, -0.15) is 5.26 Å². The Balaban J connectivity index is 2.33. The minimum atomic E-state index is 0.208. The highest BCUT2D eigenvalue weighted by Gasteiger charge is 2.01. The second-order valence-electron chi connectivity index (χ2n) is 3.99. The number of benzene rings is 2.